The van der Waals surface area contributed by atoms with Crippen molar-refractivity contribution in [1.82, 2.24) is 4.90 Å². The lowest BCUT2D eigenvalue weighted by Gasteiger charge is -2.13. The van der Waals surface area contributed by atoms with E-state index in [1.54, 1.807) is 36.3 Å². The minimum absolute atomic E-state index is 0.0287. The summed E-state index contributed by atoms with van der Waals surface area (Å²) >= 11 is 0. The number of rotatable bonds is 4. The van der Waals surface area contributed by atoms with Crippen molar-refractivity contribution in [2.75, 3.05) is 26.7 Å². The number of nitrogens with zero attached hydrogens (tertiary/aromatic N) is 1. The van der Waals surface area contributed by atoms with Crippen LogP contribution in [0.25, 0.3) is 0 Å². The number of aliphatic hydroxyl groups excluding tert-OH is 2. The number of ketones is 1. The van der Waals surface area contributed by atoms with E-state index in [1.807, 2.05) is 0 Å². The highest BCUT2D eigenvalue weighted by Gasteiger charge is 2.30. The lowest BCUT2D eigenvalue weighted by Crippen LogP contribution is -2.28. The SMILES string of the molecule is COc1ccc(C(=O)CN2CC(O)C(O)C2)cc1. The Kier molecular flexibility index (Phi) is 3.96. The summed E-state index contributed by atoms with van der Waals surface area (Å²) in [6.07, 6.45) is -1.51. The van der Waals surface area contributed by atoms with Gasteiger partial charge in [-0.25, -0.2) is 0 Å². The highest BCUT2D eigenvalue weighted by molar-refractivity contribution is 5.97. The van der Waals surface area contributed by atoms with E-state index in [0.29, 0.717) is 24.4 Å². The number of methoxy groups -OCH3 is 1. The molecular formula is C13H17NO4. The molecule has 2 N–H and O–H groups in total. The van der Waals surface area contributed by atoms with Gasteiger partial charge >= 0.3 is 0 Å². The number of likely N-dealkylation sites (tertiary alicyclic amines) is 1. The van der Waals surface area contributed by atoms with Crippen LogP contribution in [0.15, 0.2) is 24.3 Å². The van der Waals surface area contributed by atoms with Crippen LogP contribution in [0.2, 0.25) is 0 Å². The molecule has 1 saturated heterocycles. The molecule has 5 heteroatoms. The van der Waals surface area contributed by atoms with E-state index in [0.717, 1.165) is 0 Å². The van der Waals surface area contributed by atoms with Gasteiger partial charge in [-0.05, 0) is 24.3 Å². The van der Waals surface area contributed by atoms with Gasteiger partial charge in [-0.3, -0.25) is 9.69 Å². The molecule has 0 aliphatic carbocycles. The highest BCUT2D eigenvalue weighted by atomic mass is 16.5. The Balaban J connectivity index is 1.95. The topological polar surface area (TPSA) is 70.0 Å². The fourth-order valence-corrected chi connectivity index (χ4v) is 2.05. The maximum atomic E-state index is 12.0. The van der Waals surface area contributed by atoms with Gasteiger partial charge < -0.3 is 14.9 Å². The van der Waals surface area contributed by atoms with Gasteiger partial charge in [0.1, 0.15) is 5.75 Å². The third-order valence-corrected chi connectivity index (χ3v) is 3.11. The number of carbonyl (C=O) groups excluding carboxylic acids is 1. The molecule has 1 fully saturated rings. The van der Waals surface area contributed by atoms with E-state index in [9.17, 15) is 15.0 Å². The largest absolute Gasteiger partial charge is 0.497 e. The molecule has 1 aromatic rings. The maximum absolute atomic E-state index is 12.0. The number of ether oxygens (including phenoxy) is 1. The third kappa shape index (κ3) is 2.87. The lowest BCUT2D eigenvalue weighted by atomic mass is 10.1. The van der Waals surface area contributed by atoms with Crippen LogP contribution in [0.1, 0.15) is 10.4 Å². The van der Waals surface area contributed by atoms with Crippen molar-refractivity contribution in [1.29, 1.82) is 0 Å². The van der Waals surface area contributed by atoms with E-state index in [1.165, 1.54) is 0 Å². The molecule has 2 unspecified atom stereocenters. The molecule has 0 aromatic heterocycles. The van der Waals surface area contributed by atoms with Gasteiger partial charge in [0.2, 0.25) is 0 Å². The number of hydrogen-bond donors (Lipinski definition) is 2. The smallest absolute Gasteiger partial charge is 0.176 e. The van der Waals surface area contributed by atoms with Gasteiger partial charge in [0.25, 0.3) is 0 Å². The summed E-state index contributed by atoms with van der Waals surface area (Å²) in [6.45, 7) is 0.882. The van der Waals surface area contributed by atoms with Crippen molar-refractivity contribution in [2.24, 2.45) is 0 Å². The summed E-state index contributed by atoms with van der Waals surface area (Å²) in [4.78, 5) is 13.7. The second-order valence-electron chi connectivity index (χ2n) is 4.48. The molecule has 1 aliphatic heterocycles. The quantitative estimate of drug-likeness (QED) is 0.732. The molecule has 1 aromatic carbocycles. The highest BCUT2D eigenvalue weighted by Crippen LogP contribution is 2.14. The van der Waals surface area contributed by atoms with Gasteiger partial charge in [-0.2, -0.15) is 0 Å². The van der Waals surface area contributed by atoms with Crippen molar-refractivity contribution in [3.05, 3.63) is 29.8 Å². The first-order valence-corrected chi connectivity index (χ1v) is 5.86. The summed E-state index contributed by atoms with van der Waals surface area (Å²) in [6, 6.07) is 6.90. The second-order valence-corrected chi connectivity index (χ2v) is 4.48. The zero-order chi connectivity index (χ0) is 13.1. The summed E-state index contributed by atoms with van der Waals surface area (Å²) in [5.74, 6) is 0.678. The van der Waals surface area contributed by atoms with Crippen LogP contribution in [0, 0.1) is 0 Å². The molecule has 0 bridgehead atoms. The normalized spacial score (nSPS) is 24.2. The van der Waals surface area contributed by atoms with E-state index >= 15 is 0 Å². The predicted octanol–water partition coefficient (Wildman–Crippen LogP) is -0.0847. The third-order valence-electron chi connectivity index (χ3n) is 3.11. The Labute approximate surface area is 106 Å². The molecule has 98 valence electrons. The van der Waals surface area contributed by atoms with Gasteiger partial charge in [0, 0.05) is 18.7 Å². The minimum Gasteiger partial charge on any atom is -0.497 e. The van der Waals surface area contributed by atoms with E-state index in [2.05, 4.69) is 0 Å². The summed E-state index contributed by atoms with van der Waals surface area (Å²) < 4.78 is 5.02. The van der Waals surface area contributed by atoms with Crippen molar-refractivity contribution >= 4 is 5.78 Å². The van der Waals surface area contributed by atoms with Crippen LogP contribution in [0.5, 0.6) is 5.75 Å². The molecule has 0 spiro atoms. The maximum Gasteiger partial charge on any atom is 0.176 e. The van der Waals surface area contributed by atoms with Crippen LogP contribution in [0.4, 0.5) is 0 Å². The minimum atomic E-state index is -0.756. The molecule has 5 nitrogen and oxygen atoms in total. The van der Waals surface area contributed by atoms with E-state index in [4.69, 9.17) is 4.74 Å². The van der Waals surface area contributed by atoms with E-state index in [-0.39, 0.29) is 12.3 Å². The predicted molar refractivity (Wildman–Crippen MR) is 65.8 cm³/mol. The summed E-state index contributed by atoms with van der Waals surface area (Å²) in [5.41, 5.74) is 0.603. The molecule has 0 amide bonds. The molecule has 1 aliphatic rings. The second kappa shape index (κ2) is 5.48. The number of β-amino-alcohol motifs (C(OH)–C–C–N with tert-alkyl or cyclic N) is 2. The van der Waals surface area contributed by atoms with Crippen molar-refractivity contribution in [3.63, 3.8) is 0 Å². The first-order valence-electron chi connectivity index (χ1n) is 5.86. The standard InChI is InChI=1S/C13H17NO4/c1-18-10-4-2-9(3-5-10)11(15)6-14-7-12(16)13(17)8-14/h2-5,12-13,16-17H,6-8H2,1H3. The first kappa shape index (κ1) is 13.0. The Bertz CT molecular complexity index is 408. The molecule has 2 atom stereocenters. The van der Waals surface area contributed by atoms with E-state index < -0.39 is 12.2 Å². The fourth-order valence-electron chi connectivity index (χ4n) is 2.05. The number of Topliss-reactive ketones (excluding diaryl/α,β-unsaturated/α-hetero) is 1. The molecule has 2 rings (SSSR count). The summed E-state index contributed by atoms with van der Waals surface area (Å²) in [5, 5.41) is 18.8. The molecule has 0 saturated carbocycles. The van der Waals surface area contributed by atoms with Crippen LogP contribution >= 0.6 is 0 Å². The zero-order valence-corrected chi connectivity index (χ0v) is 10.2. The van der Waals surface area contributed by atoms with Crippen molar-refractivity contribution in [2.45, 2.75) is 12.2 Å². The fraction of sp³-hybridized carbons (Fsp3) is 0.462. The van der Waals surface area contributed by atoms with Gasteiger partial charge in [-0.15, -0.1) is 0 Å². The molecule has 1 heterocycles. The Morgan fingerprint density at radius 1 is 1.28 bits per heavy atom. The van der Waals surface area contributed by atoms with Gasteiger partial charge in [0.05, 0.1) is 25.9 Å². The van der Waals surface area contributed by atoms with Crippen molar-refractivity contribution < 1.29 is 19.7 Å². The number of benzene rings is 1. The number of carbonyl (C=O) groups is 1. The average Bonchev–Trinajstić information content (AvgIpc) is 2.68. The molecular weight excluding hydrogens is 234 g/mol. The Hall–Kier alpha value is -1.43. The Morgan fingerprint density at radius 3 is 2.33 bits per heavy atom. The first-order chi connectivity index (χ1) is 8.60. The molecule has 0 radical (unpaired) electrons. The summed E-state index contributed by atoms with van der Waals surface area (Å²) in [7, 11) is 1.57. The Morgan fingerprint density at radius 2 is 1.83 bits per heavy atom. The van der Waals surface area contributed by atoms with Crippen LogP contribution in [0.3, 0.4) is 0 Å². The monoisotopic (exact) mass is 251 g/mol. The van der Waals surface area contributed by atoms with Gasteiger partial charge in [-0.1, -0.05) is 0 Å². The van der Waals surface area contributed by atoms with Crippen LogP contribution in [-0.4, -0.2) is 59.8 Å². The van der Waals surface area contributed by atoms with Crippen LogP contribution in [-0.2, 0) is 0 Å². The average molecular weight is 251 g/mol. The van der Waals surface area contributed by atoms with Crippen LogP contribution < -0.4 is 4.74 Å². The number of hydrogen-bond acceptors (Lipinski definition) is 5. The number of aliphatic hydroxyl groups is 2. The van der Waals surface area contributed by atoms with Gasteiger partial charge in [0.15, 0.2) is 5.78 Å². The van der Waals surface area contributed by atoms with Crippen molar-refractivity contribution in [3.8, 4) is 5.75 Å². The lowest BCUT2D eigenvalue weighted by molar-refractivity contribution is 0.0572. The zero-order valence-electron chi connectivity index (χ0n) is 10.2. The molecule has 18 heavy (non-hydrogen) atoms.